The molecule has 2 rings (SSSR count). The number of rotatable bonds is 3. The Bertz CT molecular complexity index is 305. The Kier molecular flexibility index (Phi) is 2.82. The number of nitrogens with zero attached hydrogens (tertiary/aromatic N) is 1. The van der Waals surface area contributed by atoms with Crippen molar-refractivity contribution in [2.45, 2.75) is 32.2 Å². The molecule has 0 aliphatic heterocycles. The zero-order chi connectivity index (χ0) is 9.97. The van der Waals surface area contributed by atoms with Crippen LogP contribution in [0.4, 0.5) is 0 Å². The lowest BCUT2D eigenvalue weighted by atomic mass is 9.78. The minimum Gasteiger partial charge on any atom is -0.311 e. The highest BCUT2D eigenvalue weighted by Gasteiger charge is 2.28. The summed E-state index contributed by atoms with van der Waals surface area (Å²) in [6, 6.07) is 4.61. The Balaban J connectivity index is 2.22. The van der Waals surface area contributed by atoms with Crippen molar-refractivity contribution >= 4 is 0 Å². The molecule has 76 valence electrons. The van der Waals surface area contributed by atoms with Crippen LogP contribution in [0, 0.1) is 12.8 Å². The molecule has 1 aromatic heterocycles. The van der Waals surface area contributed by atoms with Gasteiger partial charge in [0.2, 0.25) is 0 Å². The van der Waals surface area contributed by atoms with E-state index in [2.05, 4.69) is 23.3 Å². The average Bonchev–Trinajstić information content (AvgIpc) is 2.12. The Hall–Kier alpha value is -0.890. The van der Waals surface area contributed by atoms with Crippen LogP contribution < -0.4 is 5.32 Å². The summed E-state index contributed by atoms with van der Waals surface area (Å²) in [7, 11) is 2.04. The van der Waals surface area contributed by atoms with E-state index in [1.54, 1.807) is 0 Å². The Morgan fingerprint density at radius 2 is 2.29 bits per heavy atom. The second kappa shape index (κ2) is 4.09. The zero-order valence-corrected chi connectivity index (χ0v) is 8.96. The quantitative estimate of drug-likeness (QED) is 0.792. The Labute approximate surface area is 85.7 Å². The van der Waals surface area contributed by atoms with E-state index in [4.69, 9.17) is 0 Å². The maximum Gasteiger partial charge on any atom is 0.0604 e. The van der Waals surface area contributed by atoms with Gasteiger partial charge in [0.15, 0.2) is 0 Å². The fourth-order valence-electron chi connectivity index (χ4n) is 2.19. The largest absolute Gasteiger partial charge is 0.311 e. The molecule has 1 atom stereocenters. The van der Waals surface area contributed by atoms with E-state index in [1.165, 1.54) is 30.5 Å². The highest BCUT2D eigenvalue weighted by molar-refractivity contribution is 5.22. The first kappa shape index (κ1) is 9.66. The van der Waals surface area contributed by atoms with Crippen molar-refractivity contribution in [1.82, 2.24) is 10.3 Å². The number of hydrogen-bond donors (Lipinski definition) is 1. The summed E-state index contributed by atoms with van der Waals surface area (Å²) >= 11 is 0. The lowest BCUT2D eigenvalue weighted by molar-refractivity contribution is 0.235. The van der Waals surface area contributed by atoms with Crippen molar-refractivity contribution in [3.8, 4) is 0 Å². The summed E-state index contributed by atoms with van der Waals surface area (Å²) in [6.45, 7) is 2.14. The predicted molar refractivity (Wildman–Crippen MR) is 58.1 cm³/mol. The lowest BCUT2D eigenvalue weighted by Gasteiger charge is -2.33. The van der Waals surface area contributed by atoms with Crippen LogP contribution >= 0.6 is 0 Å². The predicted octanol–water partition coefficient (Wildman–Crippen LogP) is 2.45. The Morgan fingerprint density at radius 3 is 2.79 bits per heavy atom. The van der Waals surface area contributed by atoms with Gasteiger partial charge in [0.05, 0.1) is 11.7 Å². The minimum absolute atomic E-state index is 0.463. The van der Waals surface area contributed by atoms with Crippen LogP contribution in [0.3, 0.4) is 0 Å². The molecule has 14 heavy (non-hydrogen) atoms. The van der Waals surface area contributed by atoms with Gasteiger partial charge in [-0.15, -0.1) is 0 Å². The average molecular weight is 190 g/mol. The Morgan fingerprint density at radius 1 is 1.50 bits per heavy atom. The molecule has 1 heterocycles. The molecule has 1 saturated carbocycles. The first-order valence-corrected chi connectivity index (χ1v) is 5.41. The molecule has 0 bridgehead atoms. The molecule has 0 spiro atoms. The van der Waals surface area contributed by atoms with Gasteiger partial charge in [-0.25, -0.2) is 0 Å². The third-order valence-electron chi connectivity index (χ3n) is 3.28. The van der Waals surface area contributed by atoms with Crippen LogP contribution in [0.15, 0.2) is 18.3 Å². The molecular weight excluding hydrogens is 172 g/mol. The fourth-order valence-corrected chi connectivity index (χ4v) is 2.19. The van der Waals surface area contributed by atoms with E-state index in [0.29, 0.717) is 6.04 Å². The molecule has 0 radical (unpaired) electrons. The second-order valence-electron chi connectivity index (χ2n) is 4.16. The van der Waals surface area contributed by atoms with E-state index in [-0.39, 0.29) is 0 Å². The third-order valence-corrected chi connectivity index (χ3v) is 3.28. The van der Waals surface area contributed by atoms with E-state index >= 15 is 0 Å². The van der Waals surface area contributed by atoms with Crippen LogP contribution in [-0.2, 0) is 0 Å². The first-order chi connectivity index (χ1) is 6.83. The van der Waals surface area contributed by atoms with Crippen molar-refractivity contribution in [1.29, 1.82) is 0 Å². The standard InChI is InChI=1S/C12H18N2/c1-9-5-4-8-14-11(9)12(13-2)10-6-3-7-10/h4-5,8,10,12-13H,3,6-7H2,1-2H3. The highest BCUT2D eigenvalue weighted by atomic mass is 14.9. The topological polar surface area (TPSA) is 24.9 Å². The van der Waals surface area contributed by atoms with Gasteiger partial charge in [0.1, 0.15) is 0 Å². The van der Waals surface area contributed by atoms with E-state index < -0.39 is 0 Å². The van der Waals surface area contributed by atoms with Gasteiger partial charge in [-0.2, -0.15) is 0 Å². The number of aryl methyl sites for hydroxylation is 1. The third kappa shape index (κ3) is 1.67. The van der Waals surface area contributed by atoms with E-state index in [9.17, 15) is 0 Å². The van der Waals surface area contributed by atoms with Gasteiger partial charge in [-0.05, 0) is 44.4 Å². The van der Waals surface area contributed by atoms with Gasteiger partial charge < -0.3 is 5.32 Å². The van der Waals surface area contributed by atoms with Crippen LogP contribution in [0.5, 0.6) is 0 Å². The number of aromatic nitrogens is 1. The highest BCUT2D eigenvalue weighted by Crippen LogP contribution is 2.37. The molecule has 0 saturated heterocycles. The van der Waals surface area contributed by atoms with Gasteiger partial charge in [0.25, 0.3) is 0 Å². The first-order valence-electron chi connectivity index (χ1n) is 5.41. The summed E-state index contributed by atoms with van der Waals surface area (Å²) in [5, 5.41) is 3.40. The summed E-state index contributed by atoms with van der Waals surface area (Å²) < 4.78 is 0. The van der Waals surface area contributed by atoms with Gasteiger partial charge in [-0.3, -0.25) is 4.98 Å². The molecule has 1 aliphatic carbocycles. The number of nitrogens with one attached hydrogen (secondary N) is 1. The summed E-state index contributed by atoms with van der Waals surface area (Å²) in [6.07, 6.45) is 5.98. The molecule has 2 nitrogen and oxygen atoms in total. The van der Waals surface area contributed by atoms with Crippen LogP contribution in [0.25, 0.3) is 0 Å². The molecule has 1 aliphatic rings. The zero-order valence-electron chi connectivity index (χ0n) is 8.96. The van der Waals surface area contributed by atoms with Crippen molar-refractivity contribution in [2.24, 2.45) is 5.92 Å². The smallest absolute Gasteiger partial charge is 0.0604 e. The molecule has 0 amide bonds. The lowest BCUT2D eigenvalue weighted by Crippen LogP contribution is -2.31. The second-order valence-corrected chi connectivity index (χ2v) is 4.16. The molecule has 2 heteroatoms. The molecular formula is C12H18N2. The van der Waals surface area contributed by atoms with Crippen molar-refractivity contribution in [2.75, 3.05) is 7.05 Å². The van der Waals surface area contributed by atoms with Crippen molar-refractivity contribution in [3.05, 3.63) is 29.6 Å². The van der Waals surface area contributed by atoms with E-state index in [1.807, 2.05) is 19.3 Å². The maximum atomic E-state index is 4.49. The number of pyridine rings is 1. The normalized spacial score (nSPS) is 19.0. The minimum atomic E-state index is 0.463. The molecule has 1 aromatic rings. The molecule has 0 aromatic carbocycles. The van der Waals surface area contributed by atoms with Crippen LogP contribution in [-0.4, -0.2) is 12.0 Å². The molecule has 1 N–H and O–H groups in total. The summed E-state index contributed by atoms with van der Waals surface area (Å²) in [5.74, 6) is 0.800. The number of hydrogen-bond acceptors (Lipinski definition) is 2. The molecule has 1 unspecified atom stereocenters. The van der Waals surface area contributed by atoms with Crippen molar-refractivity contribution < 1.29 is 0 Å². The maximum absolute atomic E-state index is 4.49. The van der Waals surface area contributed by atoms with Crippen molar-refractivity contribution in [3.63, 3.8) is 0 Å². The SMILES string of the molecule is CNC(c1ncccc1C)C1CCC1. The van der Waals surface area contributed by atoms with Gasteiger partial charge >= 0.3 is 0 Å². The van der Waals surface area contributed by atoms with Gasteiger partial charge in [0, 0.05) is 6.20 Å². The van der Waals surface area contributed by atoms with Crippen LogP contribution in [0.1, 0.15) is 36.6 Å². The van der Waals surface area contributed by atoms with Crippen LogP contribution in [0.2, 0.25) is 0 Å². The molecule has 1 fully saturated rings. The monoisotopic (exact) mass is 190 g/mol. The van der Waals surface area contributed by atoms with Gasteiger partial charge in [-0.1, -0.05) is 12.5 Å². The summed E-state index contributed by atoms with van der Waals surface area (Å²) in [5.41, 5.74) is 2.54. The summed E-state index contributed by atoms with van der Waals surface area (Å²) in [4.78, 5) is 4.49. The fraction of sp³-hybridized carbons (Fsp3) is 0.583. The van der Waals surface area contributed by atoms with E-state index in [0.717, 1.165) is 5.92 Å².